The third-order valence-corrected chi connectivity index (χ3v) is 3.99. The second-order valence-corrected chi connectivity index (χ2v) is 5.59. The quantitative estimate of drug-likeness (QED) is 0.568. The molecular formula is C19H25N. The Morgan fingerprint density at radius 1 is 0.850 bits per heavy atom. The first kappa shape index (κ1) is 14.6. The predicted molar refractivity (Wildman–Crippen MR) is 88.0 cm³/mol. The van der Waals surface area contributed by atoms with Gasteiger partial charge in [-0.1, -0.05) is 63.1 Å². The molecule has 0 fully saturated rings. The number of unbranched alkanes of at least 4 members (excludes halogenated alkanes) is 2. The Balaban J connectivity index is 2.03. The molecule has 2 N–H and O–H groups in total. The van der Waals surface area contributed by atoms with E-state index in [9.17, 15) is 0 Å². The molecule has 0 saturated carbocycles. The van der Waals surface area contributed by atoms with Gasteiger partial charge < -0.3 is 5.73 Å². The first-order valence-corrected chi connectivity index (χ1v) is 7.65. The number of aryl methyl sites for hydroxylation is 1. The lowest BCUT2D eigenvalue weighted by molar-refractivity contribution is 0.717. The van der Waals surface area contributed by atoms with Gasteiger partial charge >= 0.3 is 0 Å². The van der Waals surface area contributed by atoms with Crippen LogP contribution in [0.2, 0.25) is 0 Å². The SMILES string of the molecule is CCCCCc1ccc(C(C)c2ccc(N)cc2)cc1. The molecule has 1 atom stereocenters. The number of nitrogen functional groups attached to an aromatic ring is 1. The maximum Gasteiger partial charge on any atom is 0.0314 e. The largest absolute Gasteiger partial charge is 0.399 e. The Bertz CT molecular complexity index is 510. The molecule has 1 nitrogen and oxygen atoms in total. The molecule has 0 aliphatic rings. The molecule has 0 spiro atoms. The number of rotatable bonds is 6. The highest BCUT2D eigenvalue weighted by atomic mass is 14.5. The lowest BCUT2D eigenvalue weighted by atomic mass is 9.92. The first-order chi connectivity index (χ1) is 9.70. The topological polar surface area (TPSA) is 26.0 Å². The molecule has 1 unspecified atom stereocenters. The van der Waals surface area contributed by atoms with Crippen molar-refractivity contribution in [1.82, 2.24) is 0 Å². The molecule has 0 aliphatic carbocycles. The summed E-state index contributed by atoms with van der Waals surface area (Å²) in [5.41, 5.74) is 10.7. The van der Waals surface area contributed by atoms with Gasteiger partial charge in [0.25, 0.3) is 0 Å². The van der Waals surface area contributed by atoms with Crippen molar-refractivity contribution in [2.45, 2.75) is 45.4 Å². The van der Waals surface area contributed by atoms with Crippen LogP contribution in [0, 0.1) is 0 Å². The number of benzene rings is 2. The average molecular weight is 267 g/mol. The fourth-order valence-corrected chi connectivity index (χ4v) is 2.53. The minimum Gasteiger partial charge on any atom is -0.399 e. The minimum absolute atomic E-state index is 0.417. The van der Waals surface area contributed by atoms with Gasteiger partial charge in [0.15, 0.2) is 0 Å². The highest BCUT2D eigenvalue weighted by Crippen LogP contribution is 2.25. The zero-order valence-corrected chi connectivity index (χ0v) is 12.6. The molecule has 0 saturated heterocycles. The van der Waals surface area contributed by atoms with Crippen LogP contribution in [0.1, 0.15) is 55.7 Å². The van der Waals surface area contributed by atoms with E-state index in [0.29, 0.717) is 5.92 Å². The van der Waals surface area contributed by atoms with Crippen LogP contribution >= 0.6 is 0 Å². The standard InChI is InChI=1S/C19H25N/c1-3-4-5-6-16-7-9-17(10-8-16)15(2)18-11-13-19(20)14-12-18/h7-15H,3-6,20H2,1-2H3. The summed E-state index contributed by atoms with van der Waals surface area (Å²) >= 11 is 0. The van der Waals surface area contributed by atoms with Gasteiger partial charge in [-0.05, 0) is 41.7 Å². The molecule has 106 valence electrons. The van der Waals surface area contributed by atoms with Crippen LogP contribution in [-0.2, 0) is 6.42 Å². The molecule has 2 aromatic rings. The van der Waals surface area contributed by atoms with Gasteiger partial charge in [-0.2, -0.15) is 0 Å². The summed E-state index contributed by atoms with van der Waals surface area (Å²) in [4.78, 5) is 0. The molecule has 0 bridgehead atoms. The van der Waals surface area contributed by atoms with Crippen molar-refractivity contribution in [3.8, 4) is 0 Å². The molecule has 2 aromatic carbocycles. The van der Waals surface area contributed by atoms with E-state index in [0.717, 1.165) is 5.69 Å². The maximum atomic E-state index is 5.74. The van der Waals surface area contributed by atoms with Crippen molar-refractivity contribution in [3.05, 3.63) is 65.2 Å². The summed E-state index contributed by atoms with van der Waals surface area (Å²) in [5.74, 6) is 0.417. The summed E-state index contributed by atoms with van der Waals surface area (Å²) in [6.07, 6.45) is 5.10. The van der Waals surface area contributed by atoms with Gasteiger partial charge in [-0.25, -0.2) is 0 Å². The fourth-order valence-electron chi connectivity index (χ4n) is 2.53. The summed E-state index contributed by atoms with van der Waals surface area (Å²) in [5, 5.41) is 0. The minimum atomic E-state index is 0.417. The van der Waals surface area contributed by atoms with E-state index < -0.39 is 0 Å². The first-order valence-electron chi connectivity index (χ1n) is 7.65. The van der Waals surface area contributed by atoms with Gasteiger partial charge in [-0.3, -0.25) is 0 Å². The van der Waals surface area contributed by atoms with Crippen LogP contribution in [0.4, 0.5) is 5.69 Å². The molecule has 2 rings (SSSR count). The third-order valence-electron chi connectivity index (χ3n) is 3.99. The number of nitrogens with two attached hydrogens (primary N) is 1. The van der Waals surface area contributed by atoms with Crippen molar-refractivity contribution < 1.29 is 0 Å². The van der Waals surface area contributed by atoms with Gasteiger partial charge in [-0.15, -0.1) is 0 Å². The summed E-state index contributed by atoms with van der Waals surface area (Å²) in [7, 11) is 0. The second kappa shape index (κ2) is 7.14. The van der Waals surface area contributed by atoms with Gasteiger partial charge in [0.05, 0.1) is 0 Å². The Hall–Kier alpha value is -1.76. The van der Waals surface area contributed by atoms with E-state index in [2.05, 4.69) is 50.2 Å². The molecule has 0 aliphatic heterocycles. The van der Waals surface area contributed by atoms with E-state index in [1.165, 1.54) is 42.4 Å². The summed E-state index contributed by atoms with van der Waals surface area (Å²) in [6, 6.07) is 17.3. The predicted octanol–water partition coefficient (Wildman–Crippen LogP) is 5.15. The number of hydrogen-bond acceptors (Lipinski definition) is 1. The summed E-state index contributed by atoms with van der Waals surface area (Å²) in [6.45, 7) is 4.50. The van der Waals surface area contributed by atoms with Crippen LogP contribution in [0.3, 0.4) is 0 Å². The van der Waals surface area contributed by atoms with Crippen LogP contribution in [0.5, 0.6) is 0 Å². The molecule has 0 radical (unpaired) electrons. The highest BCUT2D eigenvalue weighted by Gasteiger charge is 2.08. The van der Waals surface area contributed by atoms with Crippen molar-refractivity contribution >= 4 is 5.69 Å². The Kier molecular flexibility index (Phi) is 5.23. The van der Waals surface area contributed by atoms with E-state index in [1.54, 1.807) is 0 Å². The Labute approximate surface area is 122 Å². The molecule has 0 amide bonds. The lowest BCUT2D eigenvalue weighted by Crippen LogP contribution is -1.97. The smallest absolute Gasteiger partial charge is 0.0314 e. The zero-order valence-electron chi connectivity index (χ0n) is 12.6. The molecular weight excluding hydrogens is 242 g/mol. The van der Waals surface area contributed by atoms with E-state index >= 15 is 0 Å². The van der Waals surface area contributed by atoms with Crippen LogP contribution in [0.25, 0.3) is 0 Å². The molecule has 1 heteroatoms. The molecule has 0 heterocycles. The summed E-state index contributed by atoms with van der Waals surface area (Å²) < 4.78 is 0. The number of anilines is 1. The zero-order chi connectivity index (χ0) is 14.4. The molecule has 20 heavy (non-hydrogen) atoms. The van der Waals surface area contributed by atoms with E-state index in [-0.39, 0.29) is 0 Å². The Morgan fingerprint density at radius 2 is 1.40 bits per heavy atom. The van der Waals surface area contributed by atoms with Crippen LogP contribution < -0.4 is 5.73 Å². The average Bonchev–Trinajstić information content (AvgIpc) is 2.48. The van der Waals surface area contributed by atoms with E-state index in [4.69, 9.17) is 5.73 Å². The maximum absolute atomic E-state index is 5.74. The van der Waals surface area contributed by atoms with Crippen molar-refractivity contribution in [2.24, 2.45) is 0 Å². The normalized spacial score (nSPS) is 12.3. The Morgan fingerprint density at radius 3 is 1.95 bits per heavy atom. The van der Waals surface area contributed by atoms with Crippen LogP contribution in [0.15, 0.2) is 48.5 Å². The fraction of sp³-hybridized carbons (Fsp3) is 0.368. The van der Waals surface area contributed by atoms with Gasteiger partial charge in [0.1, 0.15) is 0 Å². The second-order valence-electron chi connectivity index (χ2n) is 5.59. The van der Waals surface area contributed by atoms with Crippen molar-refractivity contribution in [1.29, 1.82) is 0 Å². The van der Waals surface area contributed by atoms with Crippen molar-refractivity contribution in [2.75, 3.05) is 5.73 Å². The van der Waals surface area contributed by atoms with Crippen molar-refractivity contribution in [3.63, 3.8) is 0 Å². The molecule has 0 aromatic heterocycles. The highest BCUT2D eigenvalue weighted by molar-refractivity contribution is 5.42. The third kappa shape index (κ3) is 3.86. The van der Waals surface area contributed by atoms with Gasteiger partial charge in [0, 0.05) is 11.6 Å². The van der Waals surface area contributed by atoms with Gasteiger partial charge in [0.2, 0.25) is 0 Å². The lowest BCUT2D eigenvalue weighted by Gasteiger charge is -2.13. The monoisotopic (exact) mass is 267 g/mol. The number of hydrogen-bond donors (Lipinski definition) is 1. The van der Waals surface area contributed by atoms with Crippen LogP contribution in [-0.4, -0.2) is 0 Å². The van der Waals surface area contributed by atoms with E-state index in [1.807, 2.05) is 12.1 Å².